The third kappa shape index (κ3) is 4.59. The number of carbonyl (C=O) groups is 1. The molecule has 0 atom stereocenters. The van der Waals surface area contributed by atoms with Gasteiger partial charge in [-0.05, 0) is 60.6 Å². The molecule has 3 rings (SSSR count). The summed E-state index contributed by atoms with van der Waals surface area (Å²) in [5, 5.41) is 0.740. The maximum absolute atomic E-state index is 12.9. The molecule has 0 saturated heterocycles. The molecule has 0 radical (unpaired) electrons. The number of hydrogen-bond acceptors (Lipinski definition) is 2. The van der Waals surface area contributed by atoms with Gasteiger partial charge in [-0.3, -0.25) is 4.79 Å². The van der Waals surface area contributed by atoms with Crippen LogP contribution in [0.25, 0.3) is 0 Å². The standard InChI is InChI=1S/C20H23ClN2O/c21-19-9-5-15(6-10-19)11-12-23(14-17-1-2-17)20(24)18-7-3-16(13-22)4-8-18/h3-10,17H,1-2,11-14,22H2. The van der Waals surface area contributed by atoms with Crippen molar-refractivity contribution in [1.82, 2.24) is 4.90 Å². The van der Waals surface area contributed by atoms with E-state index >= 15 is 0 Å². The summed E-state index contributed by atoms with van der Waals surface area (Å²) >= 11 is 5.93. The Morgan fingerprint density at radius 2 is 1.67 bits per heavy atom. The number of hydrogen-bond donors (Lipinski definition) is 1. The average molecular weight is 343 g/mol. The lowest BCUT2D eigenvalue weighted by molar-refractivity contribution is 0.0749. The van der Waals surface area contributed by atoms with Crippen molar-refractivity contribution in [1.29, 1.82) is 0 Å². The quantitative estimate of drug-likeness (QED) is 0.829. The second kappa shape index (κ2) is 7.82. The maximum atomic E-state index is 12.9. The first-order chi connectivity index (χ1) is 11.7. The molecule has 1 amide bonds. The lowest BCUT2D eigenvalue weighted by Crippen LogP contribution is -2.34. The van der Waals surface area contributed by atoms with Gasteiger partial charge in [0.1, 0.15) is 0 Å². The normalized spacial score (nSPS) is 13.8. The minimum atomic E-state index is 0.111. The van der Waals surface area contributed by atoms with E-state index in [-0.39, 0.29) is 5.91 Å². The summed E-state index contributed by atoms with van der Waals surface area (Å²) in [4.78, 5) is 14.8. The van der Waals surface area contributed by atoms with Crippen LogP contribution in [-0.2, 0) is 13.0 Å². The van der Waals surface area contributed by atoms with Crippen molar-refractivity contribution in [3.8, 4) is 0 Å². The Morgan fingerprint density at radius 1 is 1.04 bits per heavy atom. The molecule has 1 saturated carbocycles. The highest BCUT2D eigenvalue weighted by Crippen LogP contribution is 2.30. The van der Waals surface area contributed by atoms with E-state index < -0.39 is 0 Å². The van der Waals surface area contributed by atoms with Crippen molar-refractivity contribution in [3.05, 3.63) is 70.2 Å². The summed E-state index contributed by atoms with van der Waals surface area (Å²) in [6, 6.07) is 15.5. The molecule has 3 nitrogen and oxygen atoms in total. The molecule has 0 heterocycles. The van der Waals surface area contributed by atoms with Gasteiger partial charge in [0.05, 0.1) is 0 Å². The summed E-state index contributed by atoms with van der Waals surface area (Å²) in [6.07, 6.45) is 3.31. The number of benzene rings is 2. The molecule has 1 aliphatic carbocycles. The van der Waals surface area contributed by atoms with Crippen LogP contribution >= 0.6 is 11.6 Å². The molecule has 126 valence electrons. The average Bonchev–Trinajstić information content (AvgIpc) is 3.43. The molecule has 0 spiro atoms. The van der Waals surface area contributed by atoms with Crippen LogP contribution in [0.4, 0.5) is 0 Å². The highest BCUT2D eigenvalue weighted by Gasteiger charge is 2.27. The summed E-state index contributed by atoms with van der Waals surface area (Å²) in [5.41, 5.74) is 8.61. The molecule has 2 aromatic carbocycles. The first-order valence-corrected chi connectivity index (χ1v) is 8.86. The van der Waals surface area contributed by atoms with E-state index in [2.05, 4.69) is 0 Å². The van der Waals surface area contributed by atoms with Gasteiger partial charge in [0.2, 0.25) is 0 Å². The molecule has 24 heavy (non-hydrogen) atoms. The Bertz CT molecular complexity index is 678. The molecular weight excluding hydrogens is 320 g/mol. The van der Waals surface area contributed by atoms with E-state index in [0.717, 1.165) is 35.7 Å². The van der Waals surface area contributed by atoms with Crippen LogP contribution in [0.5, 0.6) is 0 Å². The number of rotatable bonds is 7. The van der Waals surface area contributed by atoms with Gasteiger partial charge in [0.15, 0.2) is 0 Å². The van der Waals surface area contributed by atoms with Gasteiger partial charge in [0.25, 0.3) is 5.91 Å². The van der Waals surface area contributed by atoms with Crippen molar-refractivity contribution < 1.29 is 4.79 Å². The fourth-order valence-electron chi connectivity index (χ4n) is 2.77. The lowest BCUT2D eigenvalue weighted by atomic mass is 10.1. The van der Waals surface area contributed by atoms with Gasteiger partial charge in [-0.15, -0.1) is 0 Å². The van der Waals surface area contributed by atoms with E-state index in [0.29, 0.717) is 12.5 Å². The van der Waals surface area contributed by atoms with Crippen LogP contribution in [0, 0.1) is 5.92 Å². The van der Waals surface area contributed by atoms with Crippen LogP contribution in [0.15, 0.2) is 48.5 Å². The molecule has 0 aromatic heterocycles. The zero-order chi connectivity index (χ0) is 16.9. The van der Waals surface area contributed by atoms with E-state index in [9.17, 15) is 4.79 Å². The molecular formula is C20H23ClN2O. The van der Waals surface area contributed by atoms with Crippen LogP contribution < -0.4 is 5.73 Å². The predicted molar refractivity (Wildman–Crippen MR) is 98.1 cm³/mol. The first-order valence-electron chi connectivity index (χ1n) is 8.48. The smallest absolute Gasteiger partial charge is 0.253 e. The second-order valence-electron chi connectivity index (χ2n) is 6.47. The zero-order valence-corrected chi connectivity index (χ0v) is 14.5. The summed E-state index contributed by atoms with van der Waals surface area (Å²) in [7, 11) is 0. The molecule has 1 aliphatic rings. The minimum Gasteiger partial charge on any atom is -0.338 e. The van der Waals surface area contributed by atoms with E-state index in [1.165, 1.54) is 18.4 Å². The molecule has 0 aliphatic heterocycles. The Morgan fingerprint density at radius 3 is 2.25 bits per heavy atom. The van der Waals surface area contributed by atoms with Gasteiger partial charge in [0, 0.05) is 30.2 Å². The number of amides is 1. The predicted octanol–water partition coefficient (Wildman–Crippen LogP) is 3.89. The largest absolute Gasteiger partial charge is 0.338 e. The van der Waals surface area contributed by atoms with Crippen molar-refractivity contribution in [2.45, 2.75) is 25.8 Å². The zero-order valence-electron chi connectivity index (χ0n) is 13.7. The van der Waals surface area contributed by atoms with Crippen molar-refractivity contribution in [2.24, 2.45) is 11.7 Å². The van der Waals surface area contributed by atoms with Crippen molar-refractivity contribution >= 4 is 17.5 Å². The Kier molecular flexibility index (Phi) is 5.54. The van der Waals surface area contributed by atoms with Gasteiger partial charge in [-0.2, -0.15) is 0 Å². The highest BCUT2D eigenvalue weighted by molar-refractivity contribution is 6.30. The van der Waals surface area contributed by atoms with E-state index in [1.54, 1.807) is 0 Å². The van der Waals surface area contributed by atoms with Gasteiger partial charge < -0.3 is 10.6 Å². The number of halogens is 1. The Labute approximate surface area is 148 Å². The molecule has 4 heteroatoms. The minimum absolute atomic E-state index is 0.111. The Balaban J connectivity index is 1.67. The highest BCUT2D eigenvalue weighted by atomic mass is 35.5. The van der Waals surface area contributed by atoms with Gasteiger partial charge in [-0.25, -0.2) is 0 Å². The first kappa shape index (κ1) is 17.0. The molecule has 0 bridgehead atoms. The maximum Gasteiger partial charge on any atom is 0.253 e. The monoisotopic (exact) mass is 342 g/mol. The van der Waals surface area contributed by atoms with Crippen LogP contribution in [0.2, 0.25) is 5.02 Å². The van der Waals surface area contributed by atoms with Crippen molar-refractivity contribution in [3.63, 3.8) is 0 Å². The summed E-state index contributed by atoms with van der Waals surface area (Å²) < 4.78 is 0. The van der Waals surface area contributed by atoms with E-state index in [1.807, 2.05) is 53.4 Å². The molecule has 0 unspecified atom stereocenters. The fourth-order valence-corrected chi connectivity index (χ4v) is 2.89. The van der Waals surface area contributed by atoms with Crippen LogP contribution in [-0.4, -0.2) is 23.9 Å². The van der Waals surface area contributed by atoms with Crippen LogP contribution in [0.3, 0.4) is 0 Å². The molecule has 2 N–H and O–H groups in total. The number of nitrogens with zero attached hydrogens (tertiary/aromatic N) is 1. The topological polar surface area (TPSA) is 46.3 Å². The fraction of sp³-hybridized carbons (Fsp3) is 0.350. The molecule has 2 aromatic rings. The van der Waals surface area contributed by atoms with Gasteiger partial charge >= 0.3 is 0 Å². The third-order valence-electron chi connectivity index (χ3n) is 4.48. The summed E-state index contributed by atoms with van der Waals surface area (Å²) in [6.45, 7) is 2.08. The number of nitrogens with two attached hydrogens (primary N) is 1. The Hall–Kier alpha value is -1.84. The van der Waals surface area contributed by atoms with Crippen molar-refractivity contribution in [2.75, 3.05) is 13.1 Å². The number of carbonyl (C=O) groups excluding carboxylic acids is 1. The molecule has 1 fully saturated rings. The van der Waals surface area contributed by atoms with Gasteiger partial charge in [-0.1, -0.05) is 35.9 Å². The SMILES string of the molecule is NCc1ccc(C(=O)N(CCc2ccc(Cl)cc2)CC2CC2)cc1. The van der Waals surface area contributed by atoms with Crippen LogP contribution in [0.1, 0.15) is 34.3 Å². The van der Waals surface area contributed by atoms with E-state index in [4.69, 9.17) is 17.3 Å². The third-order valence-corrected chi connectivity index (χ3v) is 4.73. The second-order valence-corrected chi connectivity index (χ2v) is 6.91. The summed E-state index contributed by atoms with van der Waals surface area (Å²) in [5.74, 6) is 0.780. The lowest BCUT2D eigenvalue weighted by Gasteiger charge is -2.23.